The fourth-order valence-corrected chi connectivity index (χ4v) is 9.84. The summed E-state index contributed by atoms with van der Waals surface area (Å²) in [6.07, 6.45) is 6.75. The average molecular weight is 1170 g/mol. The van der Waals surface area contributed by atoms with Gasteiger partial charge < -0.3 is 79.7 Å². The number of primary amides is 1. The highest BCUT2D eigenvalue weighted by Crippen LogP contribution is 2.22. The van der Waals surface area contributed by atoms with E-state index in [4.69, 9.17) is 17.2 Å². The van der Waals surface area contributed by atoms with E-state index in [1.165, 1.54) is 24.3 Å². The van der Waals surface area contributed by atoms with Gasteiger partial charge in [-0.3, -0.25) is 52.7 Å². The second-order valence-electron chi connectivity index (χ2n) is 21.0. The average Bonchev–Trinajstić information content (AvgIpc) is 3.90. The normalized spacial score (nSPS) is 15.8. The third kappa shape index (κ3) is 20.3. The Morgan fingerprint density at radius 1 is 0.690 bits per heavy atom. The van der Waals surface area contributed by atoms with Crippen LogP contribution < -0.4 is 59.7 Å². The summed E-state index contributed by atoms with van der Waals surface area (Å²) < 4.78 is 0. The second-order valence-corrected chi connectivity index (χ2v) is 21.0. The van der Waals surface area contributed by atoms with Crippen molar-refractivity contribution >= 4 is 75.9 Å². The summed E-state index contributed by atoms with van der Waals surface area (Å²) >= 11 is 0. The zero-order valence-electron chi connectivity index (χ0n) is 47.7. The molecule has 5 rings (SSSR count). The fraction of sp³-hybridized carbons (Fsp3) is 0.509. The number of benzene rings is 2. The summed E-state index contributed by atoms with van der Waals surface area (Å²) in [6, 6.07) is 5.92. The molecule has 1 aliphatic rings. The molecular weight excluding hydrogens is 1090 g/mol. The van der Waals surface area contributed by atoms with E-state index in [9.17, 15) is 57.8 Å². The van der Waals surface area contributed by atoms with Gasteiger partial charge in [0.05, 0.1) is 19.3 Å². The van der Waals surface area contributed by atoms with Gasteiger partial charge in [-0.1, -0.05) is 68.8 Å². The Morgan fingerprint density at radius 2 is 1.31 bits per heavy atom. The molecule has 0 bridgehead atoms. The molecule has 0 radical (unpaired) electrons. The highest BCUT2D eigenvalue weighted by atomic mass is 16.4. The van der Waals surface area contributed by atoms with Crippen LogP contribution in [0, 0.1) is 5.92 Å². The molecule has 84 heavy (non-hydrogen) atoms. The summed E-state index contributed by atoms with van der Waals surface area (Å²) in [5.74, 6) is -9.48. The number of imidazole rings is 1. The maximum absolute atomic E-state index is 14.7. The highest BCUT2D eigenvalue weighted by Gasteiger charge is 2.40. The maximum atomic E-state index is 14.7. The number of likely N-dealkylation sites (tertiary alicyclic amines) is 1. The van der Waals surface area contributed by atoms with E-state index in [1.807, 2.05) is 18.2 Å². The molecule has 456 valence electrons. The number of carbonyl (C=O) groups excluding carboxylic acids is 10. The number of nitrogens with one attached hydrogen (secondary N) is 10. The number of carboxylic acids is 1. The number of rotatable bonds is 35. The van der Waals surface area contributed by atoms with Crippen LogP contribution in [0.15, 0.2) is 73.3 Å². The summed E-state index contributed by atoms with van der Waals surface area (Å²) in [7, 11) is 0. The van der Waals surface area contributed by atoms with Crippen molar-refractivity contribution in [3.63, 3.8) is 0 Å². The summed E-state index contributed by atoms with van der Waals surface area (Å²) in [5, 5.41) is 31.3. The fourth-order valence-electron chi connectivity index (χ4n) is 9.84. The molecule has 1 saturated heterocycles. The van der Waals surface area contributed by atoms with E-state index in [-0.39, 0.29) is 38.8 Å². The van der Waals surface area contributed by atoms with Crippen LogP contribution in [0.3, 0.4) is 0 Å². The first-order chi connectivity index (χ1) is 40.2. The van der Waals surface area contributed by atoms with Crippen molar-refractivity contribution in [2.45, 2.75) is 153 Å². The Morgan fingerprint density at radius 3 is 1.95 bits per heavy atom. The predicted octanol–water partition coefficient (Wildman–Crippen LogP) is -1.30. The largest absolute Gasteiger partial charge is 0.481 e. The molecule has 0 aliphatic carbocycles. The Labute approximate surface area is 486 Å². The van der Waals surface area contributed by atoms with Crippen molar-refractivity contribution in [2.75, 3.05) is 26.2 Å². The minimum absolute atomic E-state index is 0.00232. The summed E-state index contributed by atoms with van der Waals surface area (Å²) in [5.41, 5.74) is 19.3. The molecule has 4 aromatic rings. The van der Waals surface area contributed by atoms with Gasteiger partial charge in [0.1, 0.15) is 48.3 Å². The number of para-hydroxylation sites is 1. The second kappa shape index (κ2) is 33.4. The number of fused-ring (bicyclic) bond motifs is 1. The topological polar surface area (TPSA) is 430 Å². The van der Waals surface area contributed by atoms with Crippen LogP contribution in [0.4, 0.5) is 0 Å². The maximum Gasteiger partial charge on any atom is 0.305 e. The quantitative estimate of drug-likeness (QED) is 0.0238. The number of aliphatic carboxylic acids is 1. The van der Waals surface area contributed by atoms with Gasteiger partial charge >= 0.3 is 5.97 Å². The molecule has 0 saturated carbocycles. The van der Waals surface area contributed by atoms with Gasteiger partial charge in [0, 0.05) is 61.7 Å². The van der Waals surface area contributed by atoms with Crippen LogP contribution >= 0.6 is 0 Å². The third-order valence-electron chi connectivity index (χ3n) is 14.6. The Kier molecular flexibility index (Phi) is 26.3. The minimum Gasteiger partial charge on any atom is -0.481 e. The van der Waals surface area contributed by atoms with Gasteiger partial charge in [-0.25, -0.2) is 4.98 Å². The van der Waals surface area contributed by atoms with Gasteiger partial charge in [-0.15, -0.1) is 0 Å². The first kappa shape index (κ1) is 66.1. The van der Waals surface area contributed by atoms with Crippen molar-refractivity contribution in [2.24, 2.45) is 23.1 Å². The number of carbonyl (C=O) groups is 11. The Hall–Kier alpha value is -8.72. The molecule has 3 heterocycles. The molecular formula is C57H81N15O12. The van der Waals surface area contributed by atoms with E-state index in [2.05, 4.69) is 57.5 Å². The van der Waals surface area contributed by atoms with Gasteiger partial charge in [-0.2, -0.15) is 0 Å². The first-order valence-corrected chi connectivity index (χ1v) is 28.4. The summed E-state index contributed by atoms with van der Waals surface area (Å²) in [4.78, 5) is 160. The van der Waals surface area contributed by atoms with Crippen LogP contribution in [-0.2, 0) is 72.0 Å². The molecule has 10 amide bonds. The highest BCUT2D eigenvalue weighted by molar-refractivity contribution is 5.99. The van der Waals surface area contributed by atoms with Crippen molar-refractivity contribution in [3.8, 4) is 0 Å². The van der Waals surface area contributed by atoms with E-state index in [0.29, 0.717) is 74.7 Å². The molecule has 17 N–H and O–H groups in total. The van der Waals surface area contributed by atoms with Crippen molar-refractivity contribution in [1.29, 1.82) is 0 Å². The van der Waals surface area contributed by atoms with E-state index in [0.717, 1.165) is 10.9 Å². The monoisotopic (exact) mass is 1170 g/mol. The molecule has 1 aliphatic heterocycles. The number of H-pyrrole nitrogens is 2. The Balaban J connectivity index is 1.37. The van der Waals surface area contributed by atoms with Crippen molar-refractivity contribution < 1.29 is 57.8 Å². The van der Waals surface area contributed by atoms with Gasteiger partial charge in [0.15, 0.2) is 0 Å². The molecule has 0 spiro atoms. The van der Waals surface area contributed by atoms with Crippen LogP contribution in [0.2, 0.25) is 0 Å². The number of carboxylic acid groups (broad SMARTS) is 1. The number of hydrogen-bond donors (Lipinski definition) is 14. The van der Waals surface area contributed by atoms with E-state index in [1.54, 1.807) is 56.4 Å². The molecule has 27 nitrogen and oxygen atoms in total. The lowest BCUT2D eigenvalue weighted by atomic mass is 9.96. The minimum atomic E-state index is -1.60. The summed E-state index contributed by atoms with van der Waals surface area (Å²) in [6.45, 7) is 4.91. The molecule has 9 atom stereocenters. The zero-order valence-corrected chi connectivity index (χ0v) is 47.7. The smallest absolute Gasteiger partial charge is 0.305 e. The molecule has 27 heteroatoms. The molecule has 0 unspecified atom stereocenters. The number of aromatic nitrogens is 3. The van der Waals surface area contributed by atoms with E-state index >= 15 is 0 Å². The van der Waals surface area contributed by atoms with Crippen molar-refractivity contribution in [3.05, 3.63) is 90.1 Å². The Bertz CT molecular complexity index is 2880. The van der Waals surface area contributed by atoms with E-state index < -0.39 is 132 Å². The number of hydrogen-bond acceptors (Lipinski definition) is 14. The van der Waals surface area contributed by atoms with Gasteiger partial charge in [0.2, 0.25) is 59.1 Å². The number of nitrogens with zero attached hydrogens (tertiary/aromatic N) is 2. The van der Waals surface area contributed by atoms with Gasteiger partial charge in [0.25, 0.3) is 0 Å². The zero-order chi connectivity index (χ0) is 61.3. The SMILES string of the molecule is CC[C@H](C)[C@H](NC(=O)[C@H](Cc1cnc[nH]1)NC(=O)[C@H](CCCCN)NC(=O)[C@H](Cc1c[nH]c2ccccc12)NC(=O)CNC(=O)[C@H](Cc1ccccc1)NC(=O)[C@@H]1CCCN1C(=O)[C@H](CCCCN)NC(C)=O)C(=O)N[C@@H](CC(=O)O)C(N)=O. The molecule has 2 aromatic heterocycles. The van der Waals surface area contributed by atoms with Crippen LogP contribution in [0.5, 0.6) is 0 Å². The number of unbranched alkanes of at least 4 members (excludes halogenated alkanes) is 2. The number of amides is 10. The lowest BCUT2D eigenvalue weighted by Gasteiger charge is -2.30. The van der Waals surface area contributed by atoms with Crippen LogP contribution in [-0.4, -0.2) is 165 Å². The number of nitrogens with two attached hydrogens (primary N) is 3. The lowest BCUT2D eigenvalue weighted by Crippen LogP contribution is -2.61. The van der Waals surface area contributed by atoms with Crippen molar-refractivity contribution in [1.82, 2.24) is 62.4 Å². The standard InChI is InChI=1S/C57H81N15O12/c1-4-33(2)49(56(83)68-42(50(60)77)28-48(75)76)71-54(81)45(27-37-30-61-32-64-37)69-52(79)40(19-10-12-22-58)67-53(80)44(26-36-29-62-39-18-9-8-17-38(36)39)66-47(74)31-63-51(78)43(25-35-15-6-5-7-16-35)70-55(82)46-21-14-24-72(46)57(84)41(65-34(3)73)20-11-13-23-59/h5-9,15-18,29-30,32-33,40-46,49,62H,4,10-14,19-28,31,58-59H2,1-3H3,(H2,60,77)(H,61,64)(H,63,78)(H,65,73)(H,66,74)(H,67,80)(H,68,83)(H,69,79)(H,70,82)(H,71,81)(H,75,76)/t33-,40-,41-,42-,43-,44-,45-,46-,49-/m0/s1. The first-order valence-electron chi connectivity index (χ1n) is 28.4. The lowest BCUT2D eigenvalue weighted by molar-refractivity contribution is -0.142. The number of aromatic amines is 2. The molecule has 2 aromatic carbocycles. The van der Waals surface area contributed by atoms with Gasteiger partial charge in [-0.05, 0) is 87.6 Å². The van der Waals surface area contributed by atoms with Crippen LogP contribution in [0.25, 0.3) is 10.9 Å². The molecule has 1 fully saturated rings. The predicted molar refractivity (Wildman–Crippen MR) is 308 cm³/mol. The third-order valence-corrected chi connectivity index (χ3v) is 14.6. The van der Waals surface area contributed by atoms with Crippen LogP contribution in [0.1, 0.15) is 102 Å².